The molecule has 0 saturated carbocycles. The van der Waals surface area contributed by atoms with Crippen LogP contribution in [0.15, 0.2) is 12.1 Å². The Labute approximate surface area is 64.9 Å². The molecule has 0 heterocycles. The van der Waals surface area contributed by atoms with Crippen LogP contribution in [0.5, 0.6) is 0 Å². The Bertz CT molecular complexity index is 254. The number of halogens is 2. The van der Waals surface area contributed by atoms with E-state index in [4.69, 9.17) is 0 Å². The first-order valence-corrected chi connectivity index (χ1v) is 3.48. The lowest BCUT2D eigenvalue weighted by molar-refractivity contribution is 0.561. The summed E-state index contributed by atoms with van der Waals surface area (Å²) in [5, 5.41) is 0. The van der Waals surface area contributed by atoms with Crippen molar-refractivity contribution in [2.24, 2.45) is 0 Å². The SMILES string of the molecule is CC(C)c1ccc(F)[c]c1F. The zero-order chi connectivity index (χ0) is 8.43. The molecule has 1 rings (SSSR count). The summed E-state index contributed by atoms with van der Waals surface area (Å²) in [5.41, 5.74) is 0.506. The van der Waals surface area contributed by atoms with Gasteiger partial charge in [-0.1, -0.05) is 19.9 Å². The van der Waals surface area contributed by atoms with Gasteiger partial charge in [0.1, 0.15) is 11.6 Å². The van der Waals surface area contributed by atoms with Gasteiger partial charge < -0.3 is 0 Å². The van der Waals surface area contributed by atoms with Crippen LogP contribution < -0.4 is 0 Å². The molecule has 0 fully saturated rings. The van der Waals surface area contributed by atoms with E-state index in [1.165, 1.54) is 12.1 Å². The van der Waals surface area contributed by atoms with Gasteiger partial charge in [0.15, 0.2) is 0 Å². The standard InChI is InChI=1S/C9H9F2/c1-6(2)8-4-3-7(10)5-9(8)11/h3-4,6H,1-2H3. The van der Waals surface area contributed by atoms with Gasteiger partial charge in [0.25, 0.3) is 0 Å². The maximum atomic E-state index is 12.8. The minimum absolute atomic E-state index is 0.0758. The summed E-state index contributed by atoms with van der Waals surface area (Å²) in [6, 6.07) is 4.66. The highest BCUT2D eigenvalue weighted by Crippen LogP contribution is 2.17. The van der Waals surface area contributed by atoms with Gasteiger partial charge in [0.2, 0.25) is 0 Å². The van der Waals surface area contributed by atoms with Crippen molar-refractivity contribution in [1.82, 2.24) is 0 Å². The van der Waals surface area contributed by atoms with Crippen molar-refractivity contribution < 1.29 is 8.78 Å². The summed E-state index contributed by atoms with van der Waals surface area (Å²) in [5.74, 6) is -1.15. The molecule has 2 heteroatoms. The quantitative estimate of drug-likeness (QED) is 0.585. The minimum Gasteiger partial charge on any atom is -0.206 e. The topological polar surface area (TPSA) is 0 Å². The third-order valence-electron chi connectivity index (χ3n) is 1.51. The Morgan fingerprint density at radius 2 is 1.91 bits per heavy atom. The van der Waals surface area contributed by atoms with E-state index in [1.54, 1.807) is 0 Å². The van der Waals surface area contributed by atoms with Crippen LogP contribution in [0.3, 0.4) is 0 Å². The van der Waals surface area contributed by atoms with Gasteiger partial charge in [-0.15, -0.1) is 0 Å². The van der Waals surface area contributed by atoms with E-state index in [0.29, 0.717) is 5.56 Å². The molecule has 0 nitrogen and oxygen atoms in total. The Balaban J connectivity index is 3.09. The van der Waals surface area contributed by atoms with Crippen LogP contribution in [0, 0.1) is 17.7 Å². The molecule has 0 amide bonds. The average molecular weight is 155 g/mol. The summed E-state index contributed by atoms with van der Waals surface area (Å²) >= 11 is 0. The highest BCUT2D eigenvalue weighted by molar-refractivity contribution is 5.20. The Kier molecular flexibility index (Phi) is 2.22. The highest BCUT2D eigenvalue weighted by atomic mass is 19.1. The normalized spacial score (nSPS) is 10.6. The fraction of sp³-hybridized carbons (Fsp3) is 0.333. The zero-order valence-corrected chi connectivity index (χ0v) is 6.49. The molecule has 11 heavy (non-hydrogen) atoms. The predicted molar refractivity (Wildman–Crippen MR) is 39.3 cm³/mol. The number of hydrogen-bond donors (Lipinski definition) is 0. The lowest BCUT2D eigenvalue weighted by atomic mass is 10.0. The minimum atomic E-state index is -0.646. The van der Waals surface area contributed by atoms with Crippen molar-refractivity contribution in [3.8, 4) is 0 Å². The molecule has 0 bridgehead atoms. The molecule has 0 atom stereocenters. The number of benzene rings is 1. The Hall–Kier alpha value is -0.920. The van der Waals surface area contributed by atoms with Crippen LogP contribution >= 0.6 is 0 Å². The molecule has 59 valence electrons. The van der Waals surface area contributed by atoms with Gasteiger partial charge in [-0.05, 0) is 17.5 Å². The molecule has 1 radical (unpaired) electrons. The summed E-state index contributed by atoms with van der Waals surface area (Å²) in [4.78, 5) is 0. The molecular formula is C9H9F2. The van der Waals surface area contributed by atoms with E-state index < -0.39 is 11.6 Å². The maximum absolute atomic E-state index is 12.8. The third kappa shape index (κ3) is 1.76. The highest BCUT2D eigenvalue weighted by Gasteiger charge is 2.06. The van der Waals surface area contributed by atoms with Crippen LogP contribution in [0.25, 0.3) is 0 Å². The molecule has 0 aromatic heterocycles. The molecule has 0 spiro atoms. The van der Waals surface area contributed by atoms with Crippen molar-refractivity contribution in [3.05, 3.63) is 35.4 Å². The molecule has 0 N–H and O–H groups in total. The van der Waals surface area contributed by atoms with Crippen molar-refractivity contribution >= 4 is 0 Å². The average Bonchev–Trinajstić information content (AvgIpc) is 1.85. The van der Waals surface area contributed by atoms with Gasteiger partial charge in [-0.3, -0.25) is 0 Å². The second-order valence-electron chi connectivity index (χ2n) is 2.73. The molecule has 0 unspecified atom stereocenters. The Morgan fingerprint density at radius 1 is 1.27 bits per heavy atom. The first-order chi connectivity index (χ1) is 5.11. The maximum Gasteiger partial charge on any atom is 0.137 e. The van der Waals surface area contributed by atoms with E-state index in [0.717, 1.165) is 0 Å². The largest absolute Gasteiger partial charge is 0.206 e. The second kappa shape index (κ2) is 2.99. The molecule has 1 aromatic rings. The van der Waals surface area contributed by atoms with E-state index in [9.17, 15) is 8.78 Å². The van der Waals surface area contributed by atoms with Gasteiger partial charge in [0, 0.05) is 0 Å². The van der Waals surface area contributed by atoms with Gasteiger partial charge in [-0.25, -0.2) is 8.78 Å². The van der Waals surface area contributed by atoms with Crippen LogP contribution in [0.2, 0.25) is 0 Å². The Morgan fingerprint density at radius 3 is 2.36 bits per heavy atom. The monoisotopic (exact) mass is 155 g/mol. The first kappa shape index (κ1) is 8.18. The van der Waals surface area contributed by atoms with E-state index >= 15 is 0 Å². The zero-order valence-electron chi connectivity index (χ0n) is 6.49. The van der Waals surface area contributed by atoms with Crippen molar-refractivity contribution in [1.29, 1.82) is 0 Å². The number of hydrogen-bond acceptors (Lipinski definition) is 0. The van der Waals surface area contributed by atoms with Crippen molar-refractivity contribution in [2.75, 3.05) is 0 Å². The smallest absolute Gasteiger partial charge is 0.137 e. The van der Waals surface area contributed by atoms with E-state index in [-0.39, 0.29) is 5.92 Å². The molecule has 0 aliphatic rings. The fourth-order valence-corrected chi connectivity index (χ4v) is 0.901. The molecule has 0 aliphatic heterocycles. The molecule has 0 saturated heterocycles. The number of rotatable bonds is 1. The van der Waals surface area contributed by atoms with Crippen LogP contribution in [0.4, 0.5) is 8.78 Å². The molecule has 0 aliphatic carbocycles. The lowest BCUT2D eigenvalue weighted by Crippen LogP contribution is -1.93. The molecular weight excluding hydrogens is 146 g/mol. The van der Waals surface area contributed by atoms with Crippen LogP contribution in [-0.4, -0.2) is 0 Å². The van der Waals surface area contributed by atoms with Crippen LogP contribution in [0.1, 0.15) is 25.3 Å². The van der Waals surface area contributed by atoms with Crippen molar-refractivity contribution in [2.45, 2.75) is 19.8 Å². The predicted octanol–water partition coefficient (Wildman–Crippen LogP) is 2.89. The second-order valence-corrected chi connectivity index (χ2v) is 2.73. The summed E-state index contributed by atoms with van der Waals surface area (Å²) in [7, 11) is 0. The summed E-state index contributed by atoms with van der Waals surface area (Å²) < 4.78 is 25.1. The van der Waals surface area contributed by atoms with Gasteiger partial charge in [0.05, 0.1) is 6.07 Å². The molecule has 1 aromatic carbocycles. The lowest BCUT2D eigenvalue weighted by Gasteiger charge is -2.04. The van der Waals surface area contributed by atoms with Crippen LogP contribution in [-0.2, 0) is 0 Å². The van der Waals surface area contributed by atoms with E-state index in [1.807, 2.05) is 19.9 Å². The van der Waals surface area contributed by atoms with Gasteiger partial charge >= 0.3 is 0 Å². The summed E-state index contributed by atoms with van der Waals surface area (Å²) in [6.45, 7) is 3.70. The van der Waals surface area contributed by atoms with E-state index in [2.05, 4.69) is 0 Å². The van der Waals surface area contributed by atoms with Gasteiger partial charge in [-0.2, -0.15) is 0 Å². The fourth-order valence-electron chi connectivity index (χ4n) is 0.901. The summed E-state index contributed by atoms with van der Waals surface area (Å²) in [6.07, 6.45) is 0. The van der Waals surface area contributed by atoms with Crippen molar-refractivity contribution in [3.63, 3.8) is 0 Å². The third-order valence-corrected chi connectivity index (χ3v) is 1.51. The first-order valence-electron chi connectivity index (χ1n) is 3.48.